The minimum absolute atomic E-state index is 0.0689. The third kappa shape index (κ3) is 7.60. The summed E-state index contributed by atoms with van der Waals surface area (Å²) in [6, 6.07) is -0.857. The van der Waals surface area contributed by atoms with Gasteiger partial charge in [-0.15, -0.1) is 0 Å². The van der Waals surface area contributed by atoms with Crippen LogP contribution in [0.2, 0.25) is 0 Å². The van der Waals surface area contributed by atoms with E-state index in [0.717, 1.165) is 5.75 Å². The quantitative estimate of drug-likeness (QED) is 0.708. The monoisotopic (exact) mass is 218 g/mol. The number of amides is 3. The van der Waals surface area contributed by atoms with E-state index in [4.69, 9.17) is 5.73 Å². The Labute approximate surface area is 86.8 Å². The number of thioether (sulfide) groups is 1. The average Bonchev–Trinajstić information content (AvgIpc) is 2.02. The summed E-state index contributed by atoms with van der Waals surface area (Å²) in [6.07, 6.45) is 0.953. The van der Waals surface area contributed by atoms with E-state index in [9.17, 15) is 14.4 Å². The molecule has 0 unspecified atom stereocenters. The van der Waals surface area contributed by atoms with Gasteiger partial charge in [-0.1, -0.05) is 18.7 Å². The van der Waals surface area contributed by atoms with Crippen LogP contribution in [-0.4, -0.2) is 22.8 Å². The Balaban J connectivity index is 3.49. The number of urea groups is 1. The second-order valence-corrected chi connectivity index (χ2v) is 3.89. The van der Waals surface area contributed by atoms with Gasteiger partial charge in [0.1, 0.15) is 0 Å². The lowest BCUT2D eigenvalue weighted by molar-refractivity contribution is -0.120. The Kier molecular flexibility index (Phi) is 6.82. The fourth-order valence-corrected chi connectivity index (χ4v) is 1.44. The highest BCUT2D eigenvalue weighted by Crippen LogP contribution is 2.07. The zero-order valence-corrected chi connectivity index (χ0v) is 8.86. The van der Waals surface area contributed by atoms with Gasteiger partial charge >= 0.3 is 6.03 Å². The summed E-state index contributed by atoms with van der Waals surface area (Å²) in [5, 5.41) is 2.00. The molecule has 0 aliphatic rings. The summed E-state index contributed by atoms with van der Waals surface area (Å²) < 4.78 is 0. The van der Waals surface area contributed by atoms with Crippen LogP contribution in [-0.2, 0) is 9.59 Å². The maximum absolute atomic E-state index is 11.0. The number of carbonyl (C=O) groups is 3. The number of carbonyl (C=O) groups excluding carboxylic acids is 3. The fourth-order valence-electron chi connectivity index (χ4n) is 0.826. The van der Waals surface area contributed by atoms with E-state index in [0.29, 0.717) is 12.8 Å². The minimum Gasteiger partial charge on any atom is -0.351 e. The SMILES string of the molecule is CCSC(=O)CCCC(=O)NC(N)=O. The third-order valence-electron chi connectivity index (χ3n) is 1.35. The second-order valence-electron chi connectivity index (χ2n) is 2.57. The molecule has 80 valence electrons. The molecule has 3 amide bonds. The van der Waals surface area contributed by atoms with Crippen molar-refractivity contribution in [2.24, 2.45) is 5.73 Å². The van der Waals surface area contributed by atoms with Crippen LogP contribution in [0.5, 0.6) is 0 Å². The summed E-state index contributed by atoms with van der Waals surface area (Å²) in [6.45, 7) is 1.89. The number of nitrogens with two attached hydrogens (primary N) is 1. The number of nitrogens with one attached hydrogen (secondary N) is 1. The summed E-state index contributed by atoms with van der Waals surface area (Å²) >= 11 is 1.23. The lowest BCUT2D eigenvalue weighted by Gasteiger charge is -1.99. The zero-order valence-electron chi connectivity index (χ0n) is 8.04. The zero-order chi connectivity index (χ0) is 11.0. The number of rotatable bonds is 5. The van der Waals surface area contributed by atoms with E-state index < -0.39 is 11.9 Å². The molecule has 0 bridgehead atoms. The molecular weight excluding hydrogens is 204 g/mol. The van der Waals surface area contributed by atoms with Crippen molar-refractivity contribution in [2.75, 3.05) is 5.75 Å². The largest absolute Gasteiger partial charge is 0.351 e. The lowest BCUT2D eigenvalue weighted by Crippen LogP contribution is -2.34. The second kappa shape index (κ2) is 7.37. The molecular formula is C8H14N2O3S. The molecule has 0 aromatic carbocycles. The van der Waals surface area contributed by atoms with Crippen LogP contribution in [0.25, 0.3) is 0 Å². The van der Waals surface area contributed by atoms with Crippen LogP contribution in [0, 0.1) is 0 Å². The summed E-state index contributed by atoms with van der Waals surface area (Å²) in [5.41, 5.74) is 4.73. The molecule has 0 fully saturated rings. The van der Waals surface area contributed by atoms with Gasteiger partial charge in [-0.25, -0.2) is 4.79 Å². The van der Waals surface area contributed by atoms with E-state index in [1.165, 1.54) is 11.8 Å². The molecule has 0 aromatic rings. The third-order valence-corrected chi connectivity index (χ3v) is 2.17. The minimum atomic E-state index is -0.857. The Morgan fingerprint density at radius 3 is 2.43 bits per heavy atom. The average molecular weight is 218 g/mol. The highest BCUT2D eigenvalue weighted by atomic mass is 32.2. The van der Waals surface area contributed by atoms with Crippen LogP contribution >= 0.6 is 11.8 Å². The topological polar surface area (TPSA) is 89.3 Å². The van der Waals surface area contributed by atoms with Crippen LogP contribution in [0.1, 0.15) is 26.2 Å². The maximum atomic E-state index is 11.0. The predicted molar refractivity (Wildman–Crippen MR) is 54.7 cm³/mol. The smallest absolute Gasteiger partial charge is 0.318 e. The van der Waals surface area contributed by atoms with Crippen LogP contribution in [0.15, 0.2) is 0 Å². The normalized spacial score (nSPS) is 9.50. The van der Waals surface area contributed by atoms with Crippen molar-refractivity contribution in [3.63, 3.8) is 0 Å². The van der Waals surface area contributed by atoms with E-state index >= 15 is 0 Å². The molecule has 0 aliphatic heterocycles. The first-order chi connectivity index (χ1) is 6.56. The number of hydrogen-bond acceptors (Lipinski definition) is 4. The summed E-state index contributed by atoms with van der Waals surface area (Å²) in [5.74, 6) is 0.304. The molecule has 0 atom stereocenters. The van der Waals surface area contributed by atoms with Crippen molar-refractivity contribution in [1.82, 2.24) is 5.32 Å². The van der Waals surface area contributed by atoms with Crippen molar-refractivity contribution in [2.45, 2.75) is 26.2 Å². The van der Waals surface area contributed by atoms with E-state index in [1.54, 1.807) is 0 Å². The first kappa shape index (κ1) is 13.0. The van der Waals surface area contributed by atoms with Gasteiger partial charge in [-0.05, 0) is 12.2 Å². The lowest BCUT2D eigenvalue weighted by atomic mass is 10.2. The van der Waals surface area contributed by atoms with Gasteiger partial charge in [0.25, 0.3) is 0 Å². The van der Waals surface area contributed by atoms with Crippen LogP contribution in [0.4, 0.5) is 4.79 Å². The highest BCUT2D eigenvalue weighted by Gasteiger charge is 2.06. The van der Waals surface area contributed by atoms with Gasteiger partial charge < -0.3 is 5.73 Å². The number of imide groups is 1. The van der Waals surface area contributed by atoms with Crippen molar-refractivity contribution >= 4 is 28.8 Å². The van der Waals surface area contributed by atoms with Crippen molar-refractivity contribution in [3.05, 3.63) is 0 Å². The van der Waals surface area contributed by atoms with Crippen LogP contribution < -0.4 is 11.1 Å². The Hall–Kier alpha value is -1.04. The molecule has 0 saturated heterocycles. The van der Waals surface area contributed by atoms with Gasteiger partial charge in [0.15, 0.2) is 5.12 Å². The van der Waals surface area contributed by atoms with Crippen molar-refractivity contribution in [1.29, 1.82) is 0 Å². The first-order valence-corrected chi connectivity index (χ1v) is 5.29. The molecule has 0 aliphatic carbocycles. The summed E-state index contributed by atoms with van der Waals surface area (Å²) in [4.78, 5) is 32.1. The van der Waals surface area contributed by atoms with Crippen molar-refractivity contribution < 1.29 is 14.4 Å². The molecule has 0 aromatic heterocycles. The molecule has 0 spiro atoms. The number of primary amides is 1. The first-order valence-electron chi connectivity index (χ1n) is 4.31. The standard InChI is InChI=1S/C8H14N2O3S/c1-2-14-7(12)5-3-4-6(11)10-8(9)13/h2-5H2,1H3,(H3,9,10,11,13). The van der Waals surface area contributed by atoms with Gasteiger partial charge in [0.05, 0.1) is 0 Å². The van der Waals surface area contributed by atoms with E-state index in [2.05, 4.69) is 0 Å². The molecule has 6 heteroatoms. The Bertz CT molecular complexity index is 231. The molecule has 0 heterocycles. The Morgan fingerprint density at radius 1 is 1.29 bits per heavy atom. The van der Waals surface area contributed by atoms with Gasteiger partial charge in [-0.3, -0.25) is 14.9 Å². The van der Waals surface area contributed by atoms with Crippen LogP contribution in [0.3, 0.4) is 0 Å². The molecule has 0 saturated carbocycles. The van der Waals surface area contributed by atoms with E-state index in [1.807, 2.05) is 12.2 Å². The number of hydrogen-bond donors (Lipinski definition) is 2. The van der Waals surface area contributed by atoms with Gasteiger partial charge in [0.2, 0.25) is 5.91 Å². The van der Waals surface area contributed by atoms with Crippen molar-refractivity contribution in [3.8, 4) is 0 Å². The molecule has 5 nitrogen and oxygen atoms in total. The molecule has 3 N–H and O–H groups in total. The fraction of sp³-hybridized carbons (Fsp3) is 0.625. The Morgan fingerprint density at radius 2 is 1.93 bits per heavy atom. The molecule has 0 radical (unpaired) electrons. The molecule has 0 rings (SSSR count). The summed E-state index contributed by atoms with van der Waals surface area (Å²) in [7, 11) is 0. The maximum Gasteiger partial charge on any atom is 0.318 e. The predicted octanol–water partition coefficient (Wildman–Crippen LogP) is 0.631. The van der Waals surface area contributed by atoms with Gasteiger partial charge in [-0.2, -0.15) is 0 Å². The highest BCUT2D eigenvalue weighted by molar-refractivity contribution is 8.13. The molecule has 14 heavy (non-hydrogen) atoms. The van der Waals surface area contributed by atoms with E-state index in [-0.39, 0.29) is 11.5 Å². The van der Waals surface area contributed by atoms with Gasteiger partial charge in [0, 0.05) is 12.8 Å².